The van der Waals surface area contributed by atoms with Gasteiger partial charge in [-0.3, -0.25) is 9.69 Å². The molecule has 2 saturated heterocycles. The number of ether oxygens (including phenoxy) is 1. The summed E-state index contributed by atoms with van der Waals surface area (Å²) in [5.74, 6) is -0.253. The molecule has 0 aliphatic carbocycles. The Balaban J connectivity index is 1.43. The first-order valence-electron chi connectivity index (χ1n) is 9.85. The number of hydrogen-bond acceptors (Lipinski definition) is 5. The highest BCUT2D eigenvalue weighted by atomic mass is 35.5. The molecular formula is C19H27Cl2N3O4S. The number of nitrogens with zero attached hydrogens (tertiary/aromatic N) is 2. The van der Waals surface area contributed by atoms with E-state index in [1.807, 2.05) is 0 Å². The van der Waals surface area contributed by atoms with Crippen LogP contribution in [0.3, 0.4) is 0 Å². The Hall–Kier alpha value is -0.900. The van der Waals surface area contributed by atoms with Crippen LogP contribution in [0.5, 0.6) is 0 Å². The molecule has 1 amide bonds. The highest BCUT2D eigenvalue weighted by molar-refractivity contribution is 7.88. The lowest BCUT2D eigenvalue weighted by molar-refractivity contribution is -0.126. The lowest BCUT2D eigenvalue weighted by Crippen LogP contribution is -2.45. The molecule has 10 heteroatoms. The molecule has 1 N–H and O–H groups in total. The van der Waals surface area contributed by atoms with Gasteiger partial charge in [0.25, 0.3) is 0 Å². The topological polar surface area (TPSA) is 79.0 Å². The molecule has 0 aromatic heterocycles. The van der Waals surface area contributed by atoms with Gasteiger partial charge in [-0.05, 0) is 30.5 Å². The van der Waals surface area contributed by atoms with Crippen molar-refractivity contribution in [3.05, 3.63) is 33.8 Å². The summed E-state index contributed by atoms with van der Waals surface area (Å²) in [5.41, 5.74) is 0.599. The van der Waals surface area contributed by atoms with Gasteiger partial charge in [-0.1, -0.05) is 29.3 Å². The van der Waals surface area contributed by atoms with E-state index in [0.29, 0.717) is 48.1 Å². The van der Waals surface area contributed by atoms with E-state index in [4.69, 9.17) is 27.9 Å². The van der Waals surface area contributed by atoms with Crippen molar-refractivity contribution in [1.82, 2.24) is 14.5 Å². The van der Waals surface area contributed by atoms with Crippen molar-refractivity contribution >= 4 is 39.1 Å². The Bertz CT molecular complexity index is 808. The lowest BCUT2D eigenvalue weighted by atomic mass is 9.97. The molecule has 3 rings (SSSR count). The molecule has 1 aromatic rings. The van der Waals surface area contributed by atoms with Crippen LogP contribution >= 0.6 is 23.2 Å². The van der Waals surface area contributed by atoms with Gasteiger partial charge in [0, 0.05) is 45.2 Å². The minimum absolute atomic E-state index is 0.0137. The summed E-state index contributed by atoms with van der Waals surface area (Å²) in [6.07, 6.45) is 1.06. The molecule has 1 aromatic carbocycles. The predicted molar refractivity (Wildman–Crippen MR) is 114 cm³/mol. The minimum Gasteiger partial charge on any atom is -0.379 e. The minimum atomic E-state index is -3.47. The molecule has 29 heavy (non-hydrogen) atoms. The number of carbonyl (C=O) groups is 1. The van der Waals surface area contributed by atoms with Crippen LogP contribution in [0.15, 0.2) is 18.2 Å². The standard InChI is InChI=1S/C19H27Cl2N3O4S/c20-17-2-1-15(13-18(17)21)14-29(26,27)24-6-3-16(4-7-24)19(25)22-5-8-23-9-11-28-12-10-23/h1-2,13,16H,3-12,14H2,(H,22,25). The molecule has 2 heterocycles. The van der Waals surface area contributed by atoms with E-state index in [9.17, 15) is 13.2 Å². The number of carbonyl (C=O) groups excluding carboxylic acids is 1. The van der Waals surface area contributed by atoms with Crippen LogP contribution < -0.4 is 5.32 Å². The monoisotopic (exact) mass is 463 g/mol. The first-order valence-corrected chi connectivity index (χ1v) is 12.2. The van der Waals surface area contributed by atoms with E-state index >= 15 is 0 Å². The van der Waals surface area contributed by atoms with E-state index in [1.54, 1.807) is 18.2 Å². The van der Waals surface area contributed by atoms with E-state index in [2.05, 4.69) is 10.2 Å². The van der Waals surface area contributed by atoms with Crippen molar-refractivity contribution < 1.29 is 17.9 Å². The maximum atomic E-state index is 12.7. The summed E-state index contributed by atoms with van der Waals surface area (Å²) in [5, 5.41) is 3.72. The number of rotatable bonds is 7. The first kappa shape index (κ1) is 22.8. The first-order chi connectivity index (χ1) is 13.8. The van der Waals surface area contributed by atoms with Crippen LogP contribution in [0, 0.1) is 5.92 Å². The number of sulfonamides is 1. The van der Waals surface area contributed by atoms with Crippen molar-refractivity contribution in [2.45, 2.75) is 18.6 Å². The van der Waals surface area contributed by atoms with Gasteiger partial charge in [0.15, 0.2) is 0 Å². The molecule has 0 bridgehead atoms. The SMILES string of the molecule is O=C(NCCN1CCOCC1)C1CCN(S(=O)(=O)Cc2ccc(Cl)c(Cl)c2)CC1. The van der Waals surface area contributed by atoms with Gasteiger partial charge in [0.1, 0.15) is 0 Å². The van der Waals surface area contributed by atoms with Crippen molar-refractivity contribution in [3.63, 3.8) is 0 Å². The Morgan fingerprint density at radius 1 is 1.10 bits per heavy atom. The Kier molecular flexibility index (Phi) is 8.18. The van der Waals surface area contributed by atoms with E-state index < -0.39 is 10.0 Å². The van der Waals surface area contributed by atoms with Gasteiger partial charge in [-0.2, -0.15) is 0 Å². The molecular weight excluding hydrogens is 437 g/mol. The molecule has 2 fully saturated rings. The number of halogens is 2. The second-order valence-corrected chi connectivity index (χ2v) is 10.2. The summed E-state index contributed by atoms with van der Waals surface area (Å²) >= 11 is 11.9. The van der Waals surface area contributed by atoms with Crippen LogP contribution in [-0.2, 0) is 25.3 Å². The summed E-state index contributed by atoms with van der Waals surface area (Å²) in [6, 6.07) is 4.85. The average Bonchev–Trinajstić information content (AvgIpc) is 2.71. The molecule has 2 aliphatic rings. The fourth-order valence-corrected chi connectivity index (χ4v) is 5.51. The molecule has 0 atom stereocenters. The van der Waals surface area contributed by atoms with Crippen LogP contribution in [0.25, 0.3) is 0 Å². The van der Waals surface area contributed by atoms with Crippen LogP contribution in [0.4, 0.5) is 0 Å². The summed E-state index contributed by atoms with van der Waals surface area (Å²) < 4.78 is 32.2. The van der Waals surface area contributed by atoms with Crippen molar-refractivity contribution in [3.8, 4) is 0 Å². The zero-order chi connectivity index (χ0) is 20.9. The van der Waals surface area contributed by atoms with Crippen LogP contribution in [-0.4, -0.2) is 76.0 Å². The van der Waals surface area contributed by atoms with Gasteiger partial charge >= 0.3 is 0 Å². The average molecular weight is 464 g/mol. The molecule has 0 saturated carbocycles. The van der Waals surface area contributed by atoms with Crippen molar-refractivity contribution in [2.75, 3.05) is 52.5 Å². The third-order valence-electron chi connectivity index (χ3n) is 5.38. The lowest BCUT2D eigenvalue weighted by Gasteiger charge is -2.31. The number of benzene rings is 1. The number of piperidine rings is 1. The fourth-order valence-electron chi connectivity index (χ4n) is 3.63. The maximum Gasteiger partial charge on any atom is 0.223 e. The normalized spacial score (nSPS) is 19.9. The van der Waals surface area contributed by atoms with Crippen LogP contribution in [0.2, 0.25) is 10.0 Å². The summed E-state index contributed by atoms with van der Waals surface area (Å²) in [6.45, 7) is 5.39. The van der Waals surface area contributed by atoms with Gasteiger partial charge in [-0.25, -0.2) is 12.7 Å². The van der Waals surface area contributed by atoms with Crippen molar-refractivity contribution in [2.24, 2.45) is 5.92 Å². The predicted octanol–water partition coefficient (Wildman–Crippen LogP) is 1.98. The number of amides is 1. The molecule has 0 unspecified atom stereocenters. The zero-order valence-corrected chi connectivity index (χ0v) is 18.6. The molecule has 0 radical (unpaired) electrons. The summed E-state index contributed by atoms with van der Waals surface area (Å²) in [4.78, 5) is 14.7. The third kappa shape index (κ3) is 6.54. The maximum absolute atomic E-state index is 12.7. The molecule has 162 valence electrons. The van der Waals surface area contributed by atoms with Crippen molar-refractivity contribution in [1.29, 1.82) is 0 Å². The van der Waals surface area contributed by atoms with E-state index in [-0.39, 0.29) is 17.6 Å². The van der Waals surface area contributed by atoms with Gasteiger partial charge in [-0.15, -0.1) is 0 Å². The van der Waals surface area contributed by atoms with Gasteiger partial charge in [0.2, 0.25) is 15.9 Å². The van der Waals surface area contributed by atoms with E-state index in [0.717, 1.165) is 32.8 Å². The summed E-state index contributed by atoms with van der Waals surface area (Å²) in [7, 11) is -3.47. The number of hydrogen-bond donors (Lipinski definition) is 1. The largest absolute Gasteiger partial charge is 0.379 e. The van der Waals surface area contributed by atoms with Gasteiger partial charge < -0.3 is 10.1 Å². The van der Waals surface area contributed by atoms with Gasteiger partial charge in [0.05, 0.1) is 29.0 Å². The third-order valence-corrected chi connectivity index (χ3v) is 7.97. The van der Waals surface area contributed by atoms with Crippen LogP contribution in [0.1, 0.15) is 18.4 Å². The quantitative estimate of drug-likeness (QED) is 0.668. The Morgan fingerprint density at radius 2 is 1.79 bits per heavy atom. The Labute approximate surface area is 182 Å². The number of morpholine rings is 1. The molecule has 7 nitrogen and oxygen atoms in total. The molecule has 0 spiro atoms. The second-order valence-electron chi connectivity index (χ2n) is 7.42. The number of nitrogens with one attached hydrogen (secondary N) is 1. The van der Waals surface area contributed by atoms with E-state index in [1.165, 1.54) is 4.31 Å². The molecule has 2 aliphatic heterocycles. The highest BCUT2D eigenvalue weighted by Crippen LogP contribution is 2.26. The Morgan fingerprint density at radius 3 is 2.45 bits per heavy atom. The zero-order valence-electron chi connectivity index (χ0n) is 16.3. The smallest absolute Gasteiger partial charge is 0.223 e. The fraction of sp³-hybridized carbons (Fsp3) is 0.632. The second kappa shape index (κ2) is 10.4. The highest BCUT2D eigenvalue weighted by Gasteiger charge is 2.31.